The largest absolute Gasteiger partial charge is 0.465 e. The maximum atomic E-state index is 11.2. The summed E-state index contributed by atoms with van der Waals surface area (Å²) < 4.78 is 4.63. The Balaban J connectivity index is 1.97. The Hall–Kier alpha value is -2.43. The molecule has 1 N–H and O–H groups in total. The van der Waals surface area contributed by atoms with Crippen LogP contribution in [0.5, 0.6) is 0 Å². The number of methoxy groups -OCH3 is 1. The second-order valence-corrected chi connectivity index (χ2v) is 3.67. The van der Waals surface area contributed by atoms with Gasteiger partial charge in [-0.2, -0.15) is 0 Å². The van der Waals surface area contributed by atoms with Crippen molar-refractivity contribution in [3.05, 3.63) is 54.1 Å². The lowest BCUT2D eigenvalue weighted by atomic mass is 10.2. The highest BCUT2D eigenvalue weighted by atomic mass is 16.5. The molecule has 0 atom stereocenters. The second kappa shape index (κ2) is 5.77. The number of hydrogen-bond donors (Lipinski definition) is 1. The van der Waals surface area contributed by atoms with Crippen molar-refractivity contribution in [2.75, 3.05) is 12.4 Å². The van der Waals surface area contributed by atoms with E-state index in [9.17, 15) is 4.79 Å². The Bertz CT molecular complexity index is 512. The number of anilines is 1. The molecule has 0 saturated carbocycles. The molecule has 0 unspecified atom stereocenters. The van der Waals surface area contributed by atoms with Crippen LogP contribution in [-0.4, -0.2) is 23.0 Å². The molecule has 1 heterocycles. The van der Waals surface area contributed by atoms with Crippen LogP contribution >= 0.6 is 0 Å². The number of rotatable bonds is 4. The van der Waals surface area contributed by atoms with Crippen molar-refractivity contribution in [3.8, 4) is 0 Å². The van der Waals surface area contributed by atoms with Crippen LogP contribution in [-0.2, 0) is 11.3 Å². The van der Waals surface area contributed by atoms with Gasteiger partial charge in [-0.1, -0.05) is 0 Å². The average Bonchev–Trinajstić information content (AvgIpc) is 2.46. The van der Waals surface area contributed by atoms with Crippen molar-refractivity contribution < 1.29 is 9.53 Å². The van der Waals surface area contributed by atoms with Gasteiger partial charge < -0.3 is 10.1 Å². The second-order valence-electron chi connectivity index (χ2n) is 3.67. The van der Waals surface area contributed by atoms with E-state index in [1.54, 1.807) is 24.5 Å². The Labute approximate surface area is 105 Å². The van der Waals surface area contributed by atoms with Crippen LogP contribution in [0.3, 0.4) is 0 Å². The summed E-state index contributed by atoms with van der Waals surface area (Å²) in [5.41, 5.74) is 2.45. The highest BCUT2D eigenvalue weighted by molar-refractivity contribution is 5.89. The average molecular weight is 243 g/mol. The molecule has 0 saturated heterocycles. The first-order valence-electron chi connectivity index (χ1n) is 5.46. The Kier molecular flexibility index (Phi) is 3.86. The van der Waals surface area contributed by atoms with Crippen LogP contribution < -0.4 is 5.32 Å². The highest BCUT2D eigenvalue weighted by Gasteiger charge is 2.03. The van der Waals surface area contributed by atoms with Crippen LogP contribution in [0.4, 0.5) is 5.69 Å². The van der Waals surface area contributed by atoms with Crippen molar-refractivity contribution in [1.29, 1.82) is 0 Å². The van der Waals surface area contributed by atoms with Gasteiger partial charge >= 0.3 is 5.97 Å². The third-order valence-corrected chi connectivity index (χ3v) is 2.42. The van der Waals surface area contributed by atoms with Crippen molar-refractivity contribution in [3.63, 3.8) is 0 Å². The lowest BCUT2D eigenvalue weighted by Crippen LogP contribution is -2.03. The molecule has 0 fully saturated rings. The molecule has 2 aromatic rings. The minimum Gasteiger partial charge on any atom is -0.465 e. The molecule has 0 amide bonds. The van der Waals surface area contributed by atoms with Gasteiger partial charge in [0, 0.05) is 30.2 Å². The Morgan fingerprint density at radius 1 is 1.22 bits per heavy atom. The predicted octanol–water partition coefficient (Wildman–Crippen LogP) is 1.88. The summed E-state index contributed by atoms with van der Waals surface area (Å²) in [5.74, 6) is -0.335. The summed E-state index contributed by atoms with van der Waals surface area (Å²) in [6.45, 7) is 0.637. The summed E-state index contributed by atoms with van der Waals surface area (Å²) in [5, 5.41) is 3.21. The van der Waals surface area contributed by atoms with E-state index >= 15 is 0 Å². The van der Waals surface area contributed by atoms with E-state index < -0.39 is 0 Å². The fourth-order valence-electron chi connectivity index (χ4n) is 1.47. The Morgan fingerprint density at radius 2 is 1.89 bits per heavy atom. The summed E-state index contributed by atoms with van der Waals surface area (Å²) in [6, 6.07) is 7.09. The zero-order valence-corrected chi connectivity index (χ0v) is 9.96. The van der Waals surface area contributed by atoms with Crippen LogP contribution in [0.15, 0.2) is 43.0 Å². The van der Waals surface area contributed by atoms with E-state index in [2.05, 4.69) is 20.0 Å². The topological polar surface area (TPSA) is 64.1 Å². The molecule has 2 rings (SSSR count). The van der Waals surface area contributed by atoms with E-state index in [1.807, 2.05) is 12.1 Å². The van der Waals surface area contributed by atoms with Crippen LogP contribution in [0.2, 0.25) is 0 Å². The normalized spacial score (nSPS) is 9.83. The maximum Gasteiger partial charge on any atom is 0.337 e. The maximum absolute atomic E-state index is 11.2. The van der Waals surface area contributed by atoms with Crippen LogP contribution in [0.25, 0.3) is 0 Å². The fraction of sp³-hybridized carbons (Fsp3) is 0.154. The van der Waals surface area contributed by atoms with Crippen molar-refractivity contribution in [1.82, 2.24) is 9.97 Å². The van der Waals surface area contributed by atoms with E-state index in [4.69, 9.17) is 0 Å². The van der Waals surface area contributed by atoms with Crippen molar-refractivity contribution in [2.24, 2.45) is 0 Å². The minimum absolute atomic E-state index is 0.335. The Morgan fingerprint density at radius 3 is 2.50 bits per heavy atom. The first kappa shape index (κ1) is 12.0. The highest BCUT2D eigenvalue weighted by Crippen LogP contribution is 2.11. The molecule has 1 aromatic carbocycles. The van der Waals surface area contributed by atoms with Gasteiger partial charge in [0.05, 0.1) is 12.7 Å². The van der Waals surface area contributed by atoms with Crippen LogP contribution in [0, 0.1) is 0 Å². The molecular weight excluding hydrogens is 230 g/mol. The monoisotopic (exact) mass is 243 g/mol. The first-order chi connectivity index (χ1) is 8.79. The number of nitrogens with zero attached hydrogens (tertiary/aromatic N) is 2. The molecule has 0 radical (unpaired) electrons. The van der Waals surface area contributed by atoms with Crippen LogP contribution in [0.1, 0.15) is 15.9 Å². The molecule has 5 heteroatoms. The summed E-state index contributed by atoms with van der Waals surface area (Å²) in [7, 11) is 1.36. The van der Waals surface area contributed by atoms with Gasteiger partial charge in [-0.3, -0.25) is 0 Å². The number of carbonyl (C=O) groups is 1. The van der Waals surface area contributed by atoms with E-state index in [-0.39, 0.29) is 5.97 Å². The van der Waals surface area contributed by atoms with Gasteiger partial charge in [-0.05, 0) is 24.3 Å². The standard InChI is InChI=1S/C13H13N3O2/c1-18-13(17)11-2-4-12(5-3-11)16-8-10-6-14-9-15-7-10/h2-7,9,16H,8H2,1H3. The SMILES string of the molecule is COC(=O)c1ccc(NCc2cncnc2)cc1. The minimum atomic E-state index is -0.335. The van der Waals surface area contributed by atoms with Gasteiger partial charge in [-0.25, -0.2) is 14.8 Å². The lowest BCUT2D eigenvalue weighted by Gasteiger charge is -2.06. The molecule has 0 aliphatic heterocycles. The molecule has 0 aliphatic rings. The summed E-state index contributed by atoms with van der Waals surface area (Å²) >= 11 is 0. The van der Waals surface area contributed by atoms with E-state index in [0.717, 1.165) is 11.3 Å². The number of esters is 1. The van der Waals surface area contributed by atoms with Crippen molar-refractivity contribution in [2.45, 2.75) is 6.54 Å². The van der Waals surface area contributed by atoms with Crippen molar-refractivity contribution >= 4 is 11.7 Å². The third kappa shape index (κ3) is 3.04. The number of ether oxygens (including phenoxy) is 1. The number of carbonyl (C=O) groups excluding carboxylic acids is 1. The number of benzene rings is 1. The fourth-order valence-corrected chi connectivity index (χ4v) is 1.47. The number of aromatic nitrogens is 2. The molecule has 18 heavy (non-hydrogen) atoms. The van der Waals surface area contributed by atoms with E-state index in [0.29, 0.717) is 12.1 Å². The molecule has 0 bridgehead atoms. The van der Waals surface area contributed by atoms with Gasteiger partial charge in [-0.15, -0.1) is 0 Å². The smallest absolute Gasteiger partial charge is 0.337 e. The summed E-state index contributed by atoms with van der Waals surface area (Å²) in [6.07, 6.45) is 5.00. The lowest BCUT2D eigenvalue weighted by molar-refractivity contribution is 0.0601. The number of nitrogens with one attached hydrogen (secondary N) is 1. The molecule has 0 aliphatic carbocycles. The quantitative estimate of drug-likeness (QED) is 0.830. The molecule has 92 valence electrons. The van der Waals surface area contributed by atoms with Gasteiger partial charge in [0.1, 0.15) is 6.33 Å². The molecule has 1 aromatic heterocycles. The molecule has 0 spiro atoms. The van der Waals surface area contributed by atoms with Gasteiger partial charge in [0.25, 0.3) is 0 Å². The zero-order chi connectivity index (χ0) is 12.8. The van der Waals surface area contributed by atoms with Gasteiger partial charge in [0.2, 0.25) is 0 Å². The molecule has 5 nitrogen and oxygen atoms in total. The predicted molar refractivity (Wildman–Crippen MR) is 67.1 cm³/mol. The number of hydrogen-bond acceptors (Lipinski definition) is 5. The third-order valence-electron chi connectivity index (χ3n) is 2.42. The molecular formula is C13H13N3O2. The first-order valence-corrected chi connectivity index (χ1v) is 5.46. The zero-order valence-electron chi connectivity index (χ0n) is 9.96. The van der Waals surface area contributed by atoms with Gasteiger partial charge in [0.15, 0.2) is 0 Å². The summed E-state index contributed by atoms with van der Waals surface area (Å²) in [4.78, 5) is 19.1. The van der Waals surface area contributed by atoms with E-state index in [1.165, 1.54) is 13.4 Å².